The lowest BCUT2D eigenvalue weighted by Gasteiger charge is -2.12. The van der Waals surface area contributed by atoms with Gasteiger partial charge >= 0.3 is 5.97 Å². The Morgan fingerprint density at radius 2 is 1.86 bits per heavy atom. The van der Waals surface area contributed by atoms with Gasteiger partial charge < -0.3 is 9.52 Å². The summed E-state index contributed by atoms with van der Waals surface area (Å²) in [6.07, 6.45) is 0. The van der Waals surface area contributed by atoms with Crippen LogP contribution in [0.3, 0.4) is 0 Å². The molecule has 0 spiro atoms. The summed E-state index contributed by atoms with van der Waals surface area (Å²) in [5.41, 5.74) is 1.98. The minimum Gasteiger partial charge on any atom is -0.475 e. The Bertz CT molecular complexity index is 790. The monoisotopic (exact) mass is 373 g/mol. The van der Waals surface area contributed by atoms with Crippen molar-refractivity contribution in [3.63, 3.8) is 0 Å². The van der Waals surface area contributed by atoms with Crippen LogP contribution in [0.5, 0.6) is 0 Å². The maximum Gasteiger partial charge on any atom is 0.371 e. The number of aromatic carboxylic acids is 1. The Morgan fingerprint density at radius 3 is 2.33 bits per heavy atom. The van der Waals surface area contributed by atoms with Crippen molar-refractivity contribution in [2.75, 3.05) is 4.72 Å². The number of carbonyl (C=O) groups is 1. The van der Waals surface area contributed by atoms with E-state index in [4.69, 9.17) is 9.52 Å². The van der Waals surface area contributed by atoms with Crippen LogP contribution in [0, 0.1) is 13.8 Å². The van der Waals surface area contributed by atoms with E-state index in [9.17, 15) is 13.2 Å². The van der Waals surface area contributed by atoms with Crippen molar-refractivity contribution in [2.24, 2.45) is 0 Å². The number of carboxylic acids is 1. The van der Waals surface area contributed by atoms with E-state index in [0.717, 1.165) is 17.2 Å². The van der Waals surface area contributed by atoms with E-state index in [-0.39, 0.29) is 9.56 Å². The van der Waals surface area contributed by atoms with Crippen LogP contribution in [0.25, 0.3) is 0 Å². The number of halogens is 1. The predicted octanol–water partition coefficient (Wildman–Crippen LogP) is 3.16. The van der Waals surface area contributed by atoms with Gasteiger partial charge in [0.15, 0.2) is 4.67 Å². The van der Waals surface area contributed by atoms with Gasteiger partial charge in [-0.25, -0.2) is 13.2 Å². The number of anilines is 1. The number of rotatable bonds is 4. The molecule has 0 aliphatic carbocycles. The van der Waals surface area contributed by atoms with Crippen LogP contribution in [0.2, 0.25) is 0 Å². The second-order valence-corrected chi connectivity index (χ2v) is 6.80. The minimum atomic E-state index is -3.96. The number of hydrogen-bond donors (Lipinski definition) is 2. The maximum atomic E-state index is 12.4. The Morgan fingerprint density at radius 1 is 1.29 bits per heavy atom. The molecule has 0 radical (unpaired) electrons. The Kier molecular flexibility index (Phi) is 4.11. The minimum absolute atomic E-state index is 0.154. The molecule has 2 aromatic rings. The first kappa shape index (κ1) is 15.6. The molecule has 2 rings (SSSR count). The number of para-hydroxylation sites is 1. The highest BCUT2D eigenvalue weighted by molar-refractivity contribution is 9.10. The molecule has 0 aliphatic rings. The van der Waals surface area contributed by atoms with E-state index in [1.807, 2.05) is 6.07 Å². The number of hydrogen-bond acceptors (Lipinski definition) is 4. The number of aryl methyl sites for hydroxylation is 2. The molecule has 0 fully saturated rings. The normalized spacial score (nSPS) is 11.4. The summed E-state index contributed by atoms with van der Waals surface area (Å²) < 4.78 is 31.9. The lowest BCUT2D eigenvalue weighted by molar-refractivity contribution is 0.0661. The molecule has 0 unspecified atom stereocenters. The smallest absolute Gasteiger partial charge is 0.371 e. The van der Waals surface area contributed by atoms with Crippen molar-refractivity contribution in [1.29, 1.82) is 0 Å². The van der Waals surface area contributed by atoms with Gasteiger partial charge in [-0.3, -0.25) is 4.72 Å². The summed E-state index contributed by atoms with van der Waals surface area (Å²) in [4.78, 5) is 10.6. The molecule has 0 aliphatic heterocycles. The Labute approximate surface area is 130 Å². The highest BCUT2D eigenvalue weighted by Gasteiger charge is 2.25. The van der Waals surface area contributed by atoms with Gasteiger partial charge in [-0.2, -0.15) is 0 Å². The van der Waals surface area contributed by atoms with Crippen LogP contribution >= 0.6 is 15.9 Å². The molecule has 0 bridgehead atoms. The highest BCUT2D eigenvalue weighted by atomic mass is 79.9. The lowest BCUT2D eigenvalue weighted by atomic mass is 10.1. The first-order valence-corrected chi connectivity index (χ1v) is 8.11. The third-order valence-corrected chi connectivity index (χ3v) is 5.08. The first-order valence-electron chi connectivity index (χ1n) is 5.84. The average molecular weight is 374 g/mol. The zero-order valence-corrected chi connectivity index (χ0v) is 13.6. The molecule has 112 valence electrons. The quantitative estimate of drug-likeness (QED) is 0.857. The van der Waals surface area contributed by atoms with Crippen LogP contribution in [-0.4, -0.2) is 19.5 Å². The molecule has 1 aromatic heterocycles. The first-order chi connectivity index (χ1) is 9.72. The zero-order chi connectivity index (χ0) is 15.8. The van der Waals surface area contributed by atoms with Crippen molar-refractivity contribution in [3.8, 4) is 0 Å². The Balaban J connectivity index is 2.46. The van der Waals surface area contributed by atoms with Gasteiger partial charge in [-0.15, -0.1) is 0 Å². The Hall–Kier alpha value is -1.80. The third kappa shape index (κ3) is 3.11. The molecular weight excluding hydrogens is 362 g/mol. The molecule has 8 heteroatoms. The number of carboxylic acid groups (broad SMARTS) is 1. The van der Waals surface area contributed by atoms with E-state index in [1.54, 1.807) is 26.0 Å². The van der Waals surface area contributed by atoms with E-state index < -0.39 is 21.8 Å². The van der Waals surface area contributed by atoms with Gasteiger partial charge in [0.1, 0.15) is 4.90 Å². The maximum absolute atomic E-state index is 12.4. The van der Waals surface area contributed by atoms with Crippen LogP contribution in [0.4, 0.5) is 5.69 Å². The average Bonchev–Trinajstić information content (AvgIpc) is 2.77. The summed E-state index contributed by atoms with van der Waals surface area (Å²) in [6.45, 7) is 3.55. The fraction of sp³-hybridized carbons (Fsp3) is 0.154. The van der Waals surface area contributed by atoms with Gasteiger partial charge in [0.2, 0.25) is 5.76 Å². The second kappa shape index (κ2) is 5.53. The summed E-state index contributed by atoms with van der Waals surface area (Å²) in [6, 6.07) is 6.33. The van der Waals surface area contributed by atoms with Crippen molar-refractivity contribution in [2.45, 2.75) is 18.7 Å². The number of benzene rings is 1. The highest BCUT2D eigenvalue weighted by Crippen LogP contribution is 2.29. The van der Waals surface area contributed by atoms with Gasteiger partial charge in [0.05, 0.1) is 5.69 Å². The molecule has 21 heavy (non-hydrogen) atoms. The number of furan rings is 1. The second-order valence-electron chi connectivity index (χ2n) is 4.43. The fourth-order valence-corrected chi connectivity index (χ4v) is 3.95. The molecule has 2 N–H and O–H groups in total. The molecule has 0 atom stereocenters. The fourth-order valence-electron chi connectivity index (χ4n) is 1.81. The summed E-state index contributed by atoms with van der Waals surface area (Å²) in [5, 5.41) is 8.84. The molecule has 0 saturated heterocycles. The van der Waals surface area contributed by atoms with Crippen LogP contribution < -0.4 is 4.72 Å². The van der Waals surface area contributed by atoms with Gasteiger partial charge in [-0.05, 0) is 40.9 Å². The van der Waals surface area contributed by atoms with Crippen molar-refractivity contribution in [3.05, 3.63) is 45.8 Å². The van der Waals surface area contributed by atoms with Crippen molar-refractivity contribution in [1.82, 2.24) is 0 Å². The molecule has 0 saturated carbocycles. The van der Waals surface area contributed by atoms with Crippen LogP contribution in [-0.2, 0) is 10.0 Å². The standard InChI is InChI=1S/C13H12BrNO5S/c1-7-4-3-5-8(2)11(7)15-21(18,19)10-6-9(13(16)17)20-12(10)14/h3-6,15H,1-2H3,(H,16,17). The number of sulfonamides is 1. The van der Waals surface area contributed by atoms with Crippen molar-refractivity contribution >= 4 is 37.6 Å². The molecule has 1 heterocycles. The van der Waals surface area contributed by atoms with Crippen LogP contribution in [0.1, 0.15) is 21.7 Å². The van der Waals surface area contributed by atoms with E-state index in [0.29, 0.717) is 5.69 Å². The van der Waals surface area contributed by atoms with E-state index in [2.05, 4.69) is 20.7 Å². The predicted molar refractivity (Wildman–Crippen MR) is 80.1 cm³/mol. The molecule has 6 nitrogen and oxygen atoms in total. The van der Waals surface area contributed by atoms with Crippen molar-refractivity contribution < 1.29 is 22.7 Å². The molecule has 1 aromatic carbocycles. The molecular formula is C13H12BrNO5S. The number of nitrogens with one attached hydrogen (secondary N) is 1. The lowest BCUT2D eigenvalue weighted by Crippen LogP contribution is -2.14. The third-order valence-electron chi connectivity index (χ3n) is 2.87. The summed E-state index contributed by atoms with van der Waals surface area (Å²) in [7, 11) is -3.96. The summed E-state index contributed by atoms with van der Waals surface area (Å²) >= 11 is 2.92. The topological polar surface area (TPSA) is 96.6 Å². The van der Waals surface area contributed by atoms with Gasteiger partial charge in [0, 0.05) is 6.07 Å². The summed E-state index contributed by atoms with van der Waals surface area (Å²) in [5.74, 6) is -1.80. The SMILES string of the molecule is Cc1cccc(C)c1NS(=O)(=O)c1cc(C(=O)O)oc1Br. The van der Waals surface area contributed by atoms with Gasteiger partial charge in [0.25, 0.3) is 10.0 Å². The van der Waals surface area contributed by atoms with Gasteiger partial charge in [-0.1, -0.05) is 18.2 Å². The van der Waals surface area contributed by atoms with Crippen LogP contribution in [0.15, 0.2) is 38.2 Å². The zero-order valence-electron chi connectivity index (χ0n) is 11.2. The van der Waals surface area contributed by atoms with E-state index >= 15 is 0 Å². The van der Waals surface area contributed by atoms with E-state index in [1.165, 1.54) is 0 Å². The largest absolute Gasteiger partial charge is 0.475 e. The molecule has 0 amide bonds.